The average Bonchev–Trinajstić information content (AvgIpc) is 2.89. The van der Waals surface area contributed by atoms with E-state index in [1.807, 2.05) is 11.0 Å². The van der Waals surface area contributed by atoms with E-state index >= 15 is 0 Å². The van der Waals surface area contributed by atoms with E-state index in [-0.39, 0.29) is 18.0 Å². The van der Waals surface area contributed by atoms with Crippen LogP contribution in [-0.2, 0) is 19.6 Å². The van der Waals surface area contributed by atoms with E-state index in [0.717, 1.165) is 55.3 Å². The molecule has 2 atom stereocenters. The van der Waals surface area contributed by atoms with Crippen LogP contribution in [0, 0.1) is 0 Å². The lowest BCUT2D eigenvalue weighted by Gasteiger charge is -2.41. The fourth-order valence-corrected chi connectivity index (χ4v) is 6.56. The highest BCUT2D eigenvalue weighted by molar-refractivity contribution is 7.88. The number of rotatable bonds is 5. The molecule has 1 amide bonds. The Hall–Kier alpha value is -2.82. The number of sulfonamides is 1. The third kappa shape index (κ3) is 5.56. The average molecular weight is 528 g/mol. The zero-order valence-electron chi connectivity index (χ0n) is 21.9. The number of carbonyl (C=O) groups excluding carboxylic acids is 1. The van der Waals surface area contributed by atoms with Crippen LogP contribution < -0.4 is 20.0 Å². The molecule has 2 unspecified atom stereocenters. The predicted molar refractivity (Wildman–Crippen MR) is 148 cm³/mol. The topological polar surface area (TPSA) is 85.4 Å². The van der Waals surface area contributed by atoms with E-state index in [9.17, 15) is 13.2 Å². The van der Waals surface area contributed by atoms with Crippen LogP contribution in [0.15, 0.2) is 42.5 Å². The van der Waals surface area contributed by atoms with E-state index in [0.29, 0.717) is 26.2 Å². The number of ether oxygens (including phenoxy) is 1. The number of piperazine rings is 1. The van der Waals surface area contributed by atoms with Gasteiger partial charge in [-0.25, -0.2) is 8.42 Å². The molecule has 3 aliphatic heterocycles. The second-order valence-electron chi connectivity index (χ2n) is 10.2. The molecule has 1 N–H and O–H groups in total. The molecule has 0 aromatic heterocycles. The van der Waals surface area contributed by atoms with Crippen LogP contribution in [0.4, 0.5) is 22.7 Å². The number of benzene rings is 2. The highest BCUT2D eigenvalue weighted by Gasteiger charge is 2.33. The van der Waals surface area contributed by atoms with Crippen LogP contribution in [0.1, 0.15) is 31.9 Å². The molecule has 0 spiro atoms. The molecule has 2 saturated heterocycles. The number of amides is 1. The summed E-state index contributed by atoms with van der Waals surface area (Å²) in [5.41, 5.74) is 5.33. The highest BCUT2D eigenvalue weighted by Crippen LogP contribution is 2.41. The molecule has 0 radical (unpaired) electrons. The second kappa shape index (κ2) is 10.5. The summed E-state index contributed by atoms with van der Waals surface area (Å²) in [4.78, 5) is 19.0. The first-order valence-corrected chi connectivity index (χ1v) is 14.9. The van der Waals surface area contributed by atoms with Gasteiger partial charge in [-0.3, -0.25) is 4.79 Å². The number of hydrogen-bond acceptors (Lipinski definition) is 7. The van der Waals surface area contributed by atoms with E-state index in [4.69, 9.17) is 4.74 Å². The first kappa shape index (κ1) is 25.8. The van der Waals surface area contributed by atoms with Gasteiger partial charge in [0.15, 0.2) is 0 Å². The van der Waals surface area contributed by atoms with Crippen molar-refractivity contribution < 1.29 is 17.9 Å². The number of nitrogens with zero attached hydrogens (tertiary/aromatic N) is 4. The van der Waals surface area contributed by atoms with Gasteiger partial charge in [0, 0.05) is 80.5 Å². The van der Waals surface area contributed by atoms with Gasteiger partial charge in [-0.2, -0.15) is 4.31 Å². The summed E-state index contributed by atoms with van der Waals surface area (Å²) >= 11 is 0. The Morgan fingerprint density at radius 3 is 2.16 bits per heavy atom. The normalized spacial score (nSPS) is 23.1. The van der Waals surface area contributed by atoms with E-state index in [2.05, 4.69) is 58.4 Å². The van der Waals surface area contributed by atoms with Gasteiger partial charge < -0.3 is 24.8 Å². The summed E-state index contributed by atoms with van der Waals surface area (Å²) in [6, 6.07) is 14.9. The molecule has 0 bridgehead atoms. The van der Waals surface area contributed by atoms with Gasteiger partial charge in [-0.05, 0) is 55.8 Å². The van der Waals surface area contributed by atoms with Gasteiger partial charge in [0.1, 0.15) is 0 Å². The molecule has 0 aliphatic carbocycles. The Bertz CT molecular complexity index is 1220. The third-order valence-corrected chi connectivity index (χ3v) is 8.96. The van der Waals surface area contributed by atoms with Crippen molar-refractivity contribution in [3.8, 4) is 0 Å². The fraction of sp³-hybridized carbons (Fsp3) is 0.519. The number of morpholine rings is 1. The van der Waals surface area contributed by atoms with Crippen LogP contribution in [0.3, 0.4) is 0 Å². The fourth-order valence-electron chi connectivity index (χ4n) is 5.73. The van der Waals surface area contributed by atoms with Crippen LogP contribution >= 0.6 is 0 Å². The molecule has 2 aromatic rings. The summed E-state index contributed by atoms with van der Waals surface area (Å²) in [6.45, 7) is 9.28. The number of hydrogen-bond donors (Lipinski definition) is 1. The first-order chi connectivity index (χ1) is 17.7. The maximum absolute atomic E-state index is 12.6. The van der Waals surface area contributed by atoms with Crippen molar-refractivity contribution >= 4 is 38.7 Å². The summed E-state index contributed by atoms with van der Waals surface area (Å²) in [6.07, 6.45) is 2.06. The van der Waals surface area contributed by atoms with Gasteiger partial charge in [-0.1, -0.05) is 0 Å². The summed E-state index contributed by atoms with van der Waals surface area (Å²) in [5, 5.41) is 3.73. The van der Waals surface area contributed by atoms with Crippen LogP contribution in [-0.4, -0.2) is 83.4 Å². The Kier molecular flexibility index (Phi) is 7.33. The number of fused-ring (bicyclic) bond motifs is 1. The molecule has 37 heavy (non-hydrogen) atoms. The SMILES string of the molecule is CC(=O)N1c2ccc(N3CCN(S(C)(=O)=O)CC3)cc2C(Nc2ccc(N3CCOCC3)cc2)CC1C. The Labute approximate surface area is 220 Å². The molecule has 3 heterocycles. The minimum absolute atomic E-state index is 0.0385. The molecule has 5 rings (SSSR count). The molecule has 200 valence electrons. The second-order valence-corrected chi connectivity index (χ2v) is 12.2. The van der Waals surface area contributed by atoms with Gasteiger partial charge in [0.25, 0.3) is 0 Å². The van der Waals surface area contributed by atoms with Crippen molar-refractivity contribution in [1.82, 2.24) is 4.31 Å². The minimum Gasteiger partial charge on any atom is -0.378 e. The largest absolute Gasteiger partial charge is 0.378 e. The van der Waals surface area contributed by atoms with Crippen molar-refractivity contribution in [2.24, 2.45) is 0 Å². The number of carbonyl (C=O) groups is 1. The third-order valence-electron chi connectivity index (χ3n) is 7.66. The molecule has 10 heteroatoms. The monoisotopic (exact) mass is 527 g/mol. The van der Waals surface area contributed by atoms with Crippen molar-refractivity contribution in [2.45, 2.75) is 32.4 Å². The van der Waals surface area contributed by atoms with Crippen LogP contribution in [0.25, 0.3) is 0 Å². The molecular weight excluding hydrogens is 490 g/mol. The van der Waals surface area contributed by atoms with E-state index < -0.39 is 10.0 Å². The first-order valence-electron chi connectivity index (χ1n) is 13.0. The van der Waals surface area contributed by atoms with E-state index in [1.165, 1.54) is 16.2 Å². The summed E-state index contributed by atoms with van der Waals surface area (Å²) in [7, 11) is -3.18. The maximum Gasteiger partial charge on any atom is 0.224 e. The van der Waals surface area contributed by atoms with Crippen molar-refractivity contribution in [1.29, 1.82) is 0 Å². The Morgan fingerprint density at radius 2 is 1.54 bits per heavy atom. The molecule has 3 aliphatic rings. The van der Waals surface area contributed by atoms with E-state index in [1.54, 1.807) is 6.92 Å². The molecular formula is C27H37N5O4S. The summed E-state index contributed by atoms with van der Waals surface area (Å²) < 4.78 is 30.9. The molecule has 2 aromatic carbocycles. The van der Waals surface area contributed by atoms with Crippen LogP contribution in [0.5, 0.6) is 0 Å². The van der Waals surface area contributed by atoms with Gasteiger partial charge >= 0.3 is 0 Å². The quantitative estimate of drug-likeness (QED) is 0.640. The smallest absolute Gasteiger partial charge is 0.224 e. The number of anilines is 4. The molecule has 2 fully saturated rings. The van der Waals surface area contributed by atoms with Gasteiger partial charge in [-0.15, -0.1) is 0 Å². The number of nitrogens with one attached hydrogen (secondary N) is 1. The van der Waals surface area contributed by atoms with Crippen molar-refractivity contribution in [2.75, 3.05) is 78.8 Å². The summed E-state index contributed by atoms with van der Waals surface area (Å²) in [5.74, 6) is 0.0385. The maximum atomic E-state index is 12.6. The Morgan fingerprint density at radius 1 is 0.919 bits per heavy atom. The Balaban J connectivity index is 1.38. The zero-order chi connectivity index (χ0) is 26.2. The highest BCUT2D eigenvalue weighted by atomic mass is 32.2. The molecule has 9 nitrogen and oxygen atoms in total. The van der Waals surface area contributed by atoms with Crippen LogP contribution in [0.2, 0.25) is 0 Å². The minimum atomic E-state index is -3.18. The standard InChI is InChI=1S/C27H37N5O4S/c1-20-18-26(28-22-4-6-23(7-5-22)30-14-16-36-17-15-30)25-19-24(8-9-27(25)32(20)21(2)33)29-10-12-31(13-11-29)37(3,34)35/h4-9,19-20,26,28H,10-18H2,1-3H3. The lowest BCUT2D eigenvalue weighted by molar-refractivity contribution is -0.117. The van der Waals surface area contributed by atoms with Crippen molar-refractivity contribution in [3.05, 3.63) is 48.0 Å². The van der Waals surface area contributed by atoms with Gasteiger partial charge in [0.2, 0.25) is 15.9 Å². The molecule has 0 saturated carbocycles. The van der Waals surface area contributed by atoms with Crippen molar-refractivity contribution in [3.63, 3.8) is 0 Å². The lowest BCUT2D eigenvalue weighted by Crippen LogP contribution is -2.48. The lowest BCUT2D eigenvalue weighted by atomic mass is 9.90. The predicted octanol–water partition coefficient (Wildman–Crippen LogP) is 2.90. The zero-order valence-corrected chi connectivity index (χ0v) is 22.7. The van der Waals surface area contributed by atoms with Gasteiger partial charge in [0.05, 0.1) is 25.5 Å².